The van der Waals surface area contributed by atoms with E-state index in [0.29, 0.717) is 49.3 Å². The highest BCUT2D eigenvalue weighted by molar-refractivity contribution is 6.31. The van der Waals surface area contributed by atoms with E-state index in [1.807, 2.05) is 4.90 Å². The monoisotopic (exact) mass is 323 g/mol. The molecule has 5 nitrogen and oxygen atoms in total. The topological polar surface area (TPSA) is 57.4 Å². The predicted octanol–water partition coefficient (Wildman–Crippen LogP) is 1.70. The van der Waals surface area contributed by atoms with Crippen LogP contribution >= 0.6 is 11.6 Å². The molecule has 0 aromatic carbocycles. The second-order valence-electron chi connectivity index (χ2n) is 4.94. The highest BCUT2D eigenvalue weighted by Gasteiger charge is 2.32. The fraction of sp³-hybridized carbons (Fsp3) is 0.583. The van der Waals surface area contributed by atoms with Gasteiger partial charge in [0.1, 0.15) is 5.82 Å². The molecule has 2 heterocycles. The molecule has 1 fully saturated rings. The largest absolute Gasteiger partial charge is 0.401 e. The summed E-state index contributed by atoms with van der Waals surface area (Å²) in [5, 5.41) is 0.520. The van der Waals surface area contributed by atoms with Gasteiger partial charge in [0.05, 0.1) is 17.3 Å². The van der Waals surface area contributed by atoms with E-state index in [0.717, 1.165) is 0 Å². The minimum absolute atomic E-state index is 0.381. The van der Waals surface area contributed by atoms with Gasteiger partial charge in [-0.2, -0.15) is 13.2 Å². The quantitative estimate of drug-likeness (QED) is 0.652. The predicted molar refractivity (Wildman–Crippen MR) is 74.8 cm³/mol. The summed E-state index contributed by atoms with van der Waals surface area (Å²) < 4.78 is 37.0. The molecule has 3 N–H and O–H groups in total. The number of nitrogen functional groups attached to an aromatic ring is 1. The van der Waals surface area contributed by atoms with Crippen LogP contribution in [0.15, 0.2) is 12.1 Å². The lowest BCUT2D eigenvalue weighted by Crippen LogP contribution is -2.48. The van der Waals surface area contributed by atoms with Crippen molar-refractivity contribution < 1.29 is 13.2 Å². The molecule has 0 atom stereocenters. The van der Waals surface area contributed by atoms with Crippen molar-refractivity contribution in [2.75, 3.05) is 38.1 Å². The average Bonchev–Trinajstić information content (AvgIpc) is 2.42. The van der Waals surface area contributed by atoms with Gasteiger partial charge < -0.3 is 5.43 Å². The van der Waals surface area contributed by atoms with Crippen LogP contribution in [-0.4, -0.2) is 53.7 Å². The SMILES string of the molecule is NNc1ccc(Cl)c(CN2CCN(CC(F)(F)F)CC2)n1. The van der Waals surface area contributed by atoms with E-state index in [1.165, 1.54) is 4.90 Å². The maximum absolute atomic E-state index is 12.3. The zero-order chi connectivity index (χ0) is 15.5. The molecular formula is C12H17ClF3N5. The average molecular weight is 324 g/mol. The number of nitrogens with two attached hydrogens (primary N) is 1. The second kappa shape index (κ2) is 6.78. The van der Waals surface area contributed by atoms with Crippen LogP contribution in [0, 0.1) is 0 Å². The highest BCUT2D eigenvalue weighted by atomic mass is 35.5. The molecule has 1 aromatic rings. The molecule has 0 saturated carbocycles. The summed E-state index contributed by atoms with van der Waals surface area (Å²) in [7, 11) is 0. The summed E-state index contributed by atoms with van der Waals surface area (Å²) in [6.45, 7) is 1.50. The Kier molecular flexibility index (Phi) is 5.26. The van der Waals surface area contributed by atoms with Crippen molar-refractivity contribution in [3.05, 3.63) is 22.8 Å². The number of hydrogen-bond acceptors (Lipinski definition) is 5. The lowest BCUT2D eigenvalue weighted by Gasteiger charge is -2.34. The van der Waals surface area contributed by atoms with Gasteiger partial charge >= 0.3 is 6.18 Å². The molecule has 1 aliphatic heterocycles. The summed E-state index contributed by atoms with van der Waals surface area (Å²) in [5.74, 6) is 5.80. The molecule has 1 aromatic heterocycles. The number of hydrazine groups is 1. The molecule has 9 heteroatoms. The van der Waals surface area contributed by atoms with Gasteiger partial charge in [0, 0.05) is 32.7 Å². The molecule has 0 spiro atoms. The number of anilines is 1. The number of halogens is 4. The summed E-state index contributed by atoms with van der Waals surface area (Å²) in [6.07, 6.45) is -4.14. The van der Waals surface area contributed by atoms with Crippen molar-refractivity contribution >= 4 is 17.4 Å². The third kappa shape index (κ3) is 4.99. The Hall–Kier alpha value is -1.09. The summed E-state index contributed by atoms with van der Waals surface area (Å²) in [4.78, 5) is 7.70. The van der Waals surface area contributed by atoms with E-state index in [2.05, 4.69) is 10.4 Å². The number of rotatable bonds is 4. The zero-order valence-corrected chi connectivity index (χ0v) is 12.1. The molecule has 0 unspecified atom stereocenters. The fourth-order valence-corrected chi connectivity index (χ4v) is 2.41. The van der Waals surface area contributed by atoms with Crippen molar-refractivity contribution in [3.63, 3.8) is 0 Å². The van der Waals surface area contributed by atoms with Crippen molar-refractivity contribution in [3.8, 4) is 0 Å². The summed E-state index contributed by atoms with van der Waals surface area (Å²) in [6, 6.07) is 3.35. The first-order chi connectivity index (χ1) is 9.87. The number of nitrogens with one attached hydrogen (secondary N) is 1. The third-order valence-electron chi connectivity index (χ3n) is 3.31. The van der Waals surface area contributed by atoms with Crippen LogP contribution in [-0.2, 0) is 6.54 Å². The minimum Gasteiger partial charge on any atom is -0.308 e. The van der Waals surface area contributed by atoms with Crippen molar-refractivity contribution in [1.82, 2.24) is 14.8 Å². The molecular weight excluding hydrogens is 307 g/mol. The van der Waals surface area contributed by atoms with Crippen LogP contribution in [0.5, 0.6) is 0 Å². The number of piperazine rings is 1. The maximum Gasteiger partial charge on any atom is 0.401 e. The molecule has 0 amide bonds. The Morgan fingerprint density at radius 2 is 1.81 bits per heavy atom. The van der Waals surface area contributed by atoms with Gasteiger partial charge in [0.25, 0.3) is 0 Å². The van der Waals surface area contributed by atoms with E-state index in [1.54, 1.807) is 12.1 Å². The van der Waals surface area contributed by atoms with Crippen molar-refractivity contribution in [1.29, 1.82) is 0 Å². The number of hydrogen-bond donors (Lipinski definition) is 2. The van der Waals surface area contributed by atoms with E-state index >= 15 is 0 Å². The van der Waals surface area contributed by atoms with Gasteiger partial charge in [0.2, 0.25) is 0 Å². The van der Waals surface area contributed by atoms with E-state index < -0.39 is 12.7 Å². The molecule has 118 valence electrons. The van der Waals surface area contributed by atoms with E-state index in [4.69, 9.17) is 17.4 Å². The van der Waals surface area contributed by atoms with Crippen LogP contribution in [0.3, 0.4) is 0 Å². The van der Waals surface area contributed by atoms with Crippen molar-refractivity contribution in [2.24, 2.45) is 5.84 Å². The Morgan fingerprint density at radius 3 is 2.38 bits per heavy atom. The van der Waals surface area contributed by atoms with Crippen LogP contribution in [0.4, 0.5) is 19.0 Å². The molecule has 21 heavy (non-hydrogen) atoms. The molecule has 0 aliphatic carbocycles. The standard InChI is InChI=1S/C12H17ClF3N5/c13-9-1-2-11(19-17)18-10(9)7-20-3-5-21(6-4-20)8-12(14,15)16/h1-2H,3-8,17H2,(H,18,19). The highest BCUT2D eigenvalue weighted by Crippen LogP contribution is 2.20. The number of nitrogens with zero attached hydrogens (tertiary/aromatic N) is 3. The van der Waals surface area contributed by atoms with E-state index in [9.17, 15) is 13.2 Å². The normalized spacial score (nSPS) is 18.0. The molecule has 1 saturated heterocycles. The first kappa shape index (κ1) is 16.3. The van der Waals surface area contributed by atoms with Crippen molar-refractivity contribution in [2.45, 2.75) is 12.7 Å². The van der Waals surface area contributed by atoms with Gasteiger partial charge in [-0.15, -0.1) is 0 Å². The number of pyridine rings is 1. The van der Waals surface area contributed by atoms with Crippen LogP contribution < -0.4 is 11.3 Å². The lowest BCUT2D eigenvalue weighted by molar-refractivity contribution is -0.149. The van der Waals surface area contributed by atoms with Crippen LogP contribution in [0.2, 0.25) is 5.02 Å². The van der Waals surface area contributed by atoms with Gasteiger partial charge in [-0.05, 0) is 12.1 Å². The second-order valence-corrected chi connectivity index (χ2v) is 5.34. The Balaban J connectivity index is 1.89. The zero-order valence-electron chi connectivity index (χ0n) is 11.3. The van der Waals surface area contributed by atoms with Crippen LogP contribution in [0.25, 0.3) is 0 Å². The maximum atomic E-state index is 12.3. The Bertz CT molecular complexity index is 474. The molecule has 1 aliphatic rings. The Morgan fingerprint density at radius 1 is 1.19 bits per heavy atom. The smallest absolute Gasteiger partial charge is 0.308 e. The fourth-order valence-electron chi connectivity index (χ4n) is 2.25. The summed E-state index contributed by atoms with van der Waals surface area (Å²) >= 11 is 6.07. The van der Waals surface area contributed by atoms with Gasteiger partial charge in [-0.25, -0.2) is 10.8 Å². The number of aromatic nitrogens is 1. The third-order valence-corrected chi connectivity index (χ3v) is 3.65. The van der Waals surface area contributed by atoms with Gasteiger partial charge in [-0.3, -0.25) is 9.80 Å². The molecule has 0 radical (unpaired) electrons. The van der Waals surface area contributed by atoms with E-state index in [-0.39, 0.29) is 0 Å². The van der Waals surface area contributed by atoms with Crippen LogP contribution in [0.1, 0.15) is 5.69 Å². The summed E-state index contributed by atoms with van der Waals surface area (Å²) in [5.41, 5.74) is 3.11. The Labute approximate surface area is 125 Å². The minimum atomic E-state index is -4.14. The van der Waals surface area contributed by atoms with Gasteiger partial charge in [-0.1, -0.05) is 11.6 Å². The first-order valence-electron chi connectivity index (χ1n) is 6.51. The molecule has 2 rings (SSSR count). The van der Waals surface area contributed by atoms with Gasteiger partial charge in [0.15, 0.2) is 0 Å². The lowest BCUT2D eigenvalue weighted by atomic mass is 10.2. The number of alkyl halides is 3. The molecule has 0 bridgehead atoms. The first-order valence-corrected chi connectivity index (χ1v) is 6.88.